The number of rotatable bonds is 5. The minimum absolute atomic E-state index is 0.804. The summed E-state index contributed by atoms with van der Waals surface area (Å²) in [5.41, 5.74) is 1.36. The number of hydrogen-bond acceptors (Lipinski definition) is 3. The van der Waals surface area contributed by atoms with Crippen molar-refractivity contribution in [3.8, 4) is 0 Å². The van der Waals surface area contributed by atoms with Gasteiger partial charge in [-0.15, -0.1) is 0 Å². The molecule has 1 N–H and O–H groups in total. The molecular formula is C14H25N3. The lowest BCUT2D eigenvalue weighted by atomic mass is 10.1. The van der Waals surface area contributed by atoms with Crippen LogP contribution in [0, 0.1) is 0 Å². The first-order valence-electron chi connectivity index (χ1n) is 7.18. The van der Waals surface area contributed by atoms with Crippen molar-refractivity contribution in [1.82, 2.24) is 15.1 Å². The van der Waals surface area contributed by atoms with Gasteiger partial charge in [0.2, 0.25) is 0 Å². The van der Waals surface area contributed by atoms with Crippen LogP contribution in [0.2, 0.25) is 0 Å². The SMILES string of the molecule is C=C(CNC1CC1)CN1CCN2CCCC2C1. The predicted molar refractivity (Wildman–Crippen MR) is 71.2 cm³/mol. The minimum atomic E-state index is 0.804. The molecule has 3 fully saturated rings. The number of piperazine rings is 1. The van der Waals surface area contributed by atoms with Crippen LogP contribution in [0.15, 0.2) is 12.2 Å². The second kappa shape index (κ2) is 5.09. The van der Waals surface area contributed by atoms with Crippen LogP contribution in [-0.4, -0.2) is 61.2 Å². The van der Waals surface area contributed by atoms with E-state index in [1.807, 2.05) is 0 Å². The van der Waals surface area contributed by atoms with E-state index in [-0.39, 0.29) is 0 Å². The average Bonchev–Trinajstić information content (AvgIpc) is 3.04. The molecule has 0 radical (unpaired) electrons. The van der Waals surface area contributed by atoms with E-state index < -0.39 is 0 Å². The van der Waals surface area contributed by atoms with Crippen molar-refractivity contribution < 1.29 is 0 Å². The fraction of sp³-hybridized carbons (Fsp3) is 0.857. The van der Waals surface area contributed by atoms with E-state index in [9.17, 15) is 0 Å². The Labute approximate surface area is 105 Å². The molecule has 2 heterocycles. The van der Waals surface area contributed by atoms with Gasteiger partial charge in [0.25, 0.3) is 0 Å². The van der Waals surface area contributed by atoms with Gasteiger partial charge < -0.3 is 5.32 Å². The molecule has 2 saturated heterocycles. The Morgan fingerprint density at radius 2 is 2.06 bits per heavy atom. The number of nitrogens with zero attached hydrogens (tertiary/aromatic N) is 2. The highest BCUT2D eigenvalue weighted by atomic mass is 15.3. The normalized spacial score (nSPS) is 30.5. The lowest BCUT2D eigenvalue weighted by molar-refractivity contribution is 0.111. The monoisotopic (exact) mass is 235 g/mol. The topological polar surface area (TPSA) is 18.5 Å². The Morgan fingerprint density at radius 3 is 2.88 bits per heavy atom. The summed E-state index contributed by atoms with van der Waals surface area (Å²) in [7, 11) is 0. The van der Waals surface area contributed by atoms with Crippen molar-refractivity contribution in [2.24, 2.45) is 0 Å². The van der Waals surface area contributed by atoms with E-state index in [0.717, 1.165) is 25.2 Å². The lowest BCUT2D eigenvalue weighted by Crippen LogP contribution is -2.50. The maximum Gasteiger partial charge on any atom is 0.0224 e. The Hall–Kier alpha value is -0.380. The van der Waals surface area contributed by atoms with E-state index in [1.54, 1.807) is 0 Å². The van der Waals surface area contributed by atoms with Gasteiger partial charge in [-0.1, -0.05) is 6.58 Å². The highest BCUT2D eigenvalue weighted by molar-refractivity contribution is 5.03. The smallest absolute Gasteiger partial charge is 0.0224 e. The molecule has 0 aromatic rings. The number of hydrogen-bond donors (Lipinski definition) is 1. The van der Waals surface area contributed by atoms with Crippen LogP contribution in [0.3, 0.4) is 0 Å². The van der Waals surface area contributed by atoms with Crippen molar-refractivity contribution in [2.45, 2.75) is 37.8 Å². The first-order valence-corrected chi connectivity index (χ1v) is 7.18. The molecule has 3 nitrogen and oxygen atoms in total. The summed E-state index contributed by atoms with van der Waals surface area (Å²) in [4.78, 5) is 5.27. The lowest BCUT2D eigenvalue weighted by Gasteiger charge is -2.37. The largest absolute Gasteiger partial charge is 0.310 e. The summed E-state index contributed by atoms with van der Waals surface area (Å²) >= 11 is 0. The standard InChI is InChI=1S/C14H25N3/c1-12(9-15-13-4-5-13)10-16-7-8-17-6-2-3-14(17)11-16/h13-15H,1-11H2. The molecule has 0 spiro atoms. The summed E-state index contributed by atoms with van der Waals surface area (Å²) in [6.45, 7) is 11.5. The fourth-order valence-corrected chi connectivity index (χ4v) is 3.15. The van der Waals surface area contributed by atoms with Crippen LogP contribution in [0.4, 0.5) is 0 Å². The molecule has 0 bridgehead atoms. The molecule has 0 aromatic carbocycles. The van der Waals surface area contributed by atoms with E-state index in [1.165, 1.54) is 57.4 Å². The molecule has 1 aliphatic carbocycles. The molecule has 0 aromatic heterocycles. The molecule has 1 unspecified atom stereocenters. The first-order chi connectivity index (χ1) is 8.31. The maximum absolute atomic E-state index is 4.22. The summed E-state index contributed by atoms with van der Waals surface area (Å²) in [5, 5.41) is 3.56. The van der Waals surface area contributed by atoms with Crippen LogP contribution in [0.1, 0.15) is 25.7 Å². The third kappa shape index (κ3) is 3.09. The third-order valence-electron chi connectivity index (χ3n) is 4.34. The molecule has 3 aliphatic rings. The van der Waals surface area contributed by atoms with Crippen molar-refractivity contribution in [1.29, 1.82) is 0 Å². The predicted octanol–water partition coefficient (Wildman–Crippen LogP) is 1.07. The second-order valence-electron chi connectivity index (χ2n) is 5.97. The van der Waals surface area contributed by atoms with E-state index >= 15 is 0 Å². The zero-order valence-electron chi connectivity index (χ0n) is 10.8. The summed E-state index contributed by atoms with van der Waals surface area (Å²) in [5.74, 6) is 0. The summed E-state index contributed by atoms with van der Waals surface area (Å²) < 4.78 is 0. The molecule has 1 saturated carbocycles. The molecule has 0 amide bonds. The number of fused-ring (bicyclic) bond motifs is 1. The minimum Gasteiger partial charge on any atom is -0.310 e. The van der Waals surface area contributed by atoms with E-state index in [4.69, 9.17) is 0 Å². The van der Waals surface area contributed by atoms with Crippen LogP contribution in [-0.2, 0) is 0 Å². The molecule has 17 heavy (non-hydrogen) atoms. The van der Waals surface area contributed by atoms with Gasteiger partial charge in [0.15, 0.2) is 0 Å². The van der Waals surface area contributed by atoms with E-state index in [0.29, 0.717) is 0 Å². The zero-order chi connectivity index (χ0) is 11.7. The average molecular weight is 235 g/mol. The van der Waals surface area contributed by atoms with Crippen molar-refractivity contribution in [3.05, 3.63) is 12.2 Å². The Balaban J connectivity index is 1.40. The molecule has 96 valence electrons. The molecule has 1 atom stereocenters. The molecule has 3 heteroatoms. The van der Waals surface area contributed by atoms with Crippen molar-refractivity contribution in [2.75, 3.05) is 39.3 Å². The first kappa shape index (κ1) is 11.7. The van der Waals surface area contributed by atoms with Gasteiger partial charge in [-0.25, -0.2) is 0 Å². The van der Waals surface area contributed by atoms with Gasteiger partial charge in [-0.3, -0.25) is 9.80 Å². The number of nitrogens with one attached hydrogen (secondary N) is 1. The Bertz CT molecular complexity index is 285. The van der Waals surface area contributed by atoms with Gasteiger partial charge in [0.05, 0.1) is 0 Å². The van der Waals surface area contributed by atoms with Crippen LogP contribution in [0.25, 0.3) is 0 Å². The van der Waals surface area contributed by atoms with E-state index in [2.05, 4.69) is 21.7 Å². The van der Waals surface area contributed by atoms with Gasteiger partial charge in [0.1, 0.15) is 0 Å². The Morgan fingerprint density at radius 1 is 1.18 bits per heavy atom. The molecular weight excluding hydrogens is 210 g/mol. The highest BCUT2D eigenvalue weighted by Gasteiger charge is 2.30. The molecule has 3 rings (SSSR count). The van der Waals surface area contributed by atoms with Crippen molar-refractivity contribution in [3.63, 3.8) is 0 Å². The van der Waals surface area contributed by atoms with Gasteiger partial charge in [0, 0.05) is 44.8 Å². The van der Waals surface area contributed by atoms with Gasteiger partial charge >= 0.3 is 0 Å². The third-order valence-corrected chi connectivity index (χ3v) is 4.34. The zero-order valence-corrected chi connectivity index (χ0v) is 10.8. The second-order valence-corrected chi connectivity index (χ2v) is 5.97. The quantitative estimate of drug-likeness (QED) is 0.719. The van der Waals surface area contributed by atoms with Gasteiger partial charge in [-0.05, 0) is 37.8 Å². The fourth-order valence-electron chi connectivity index (χ4n) is 3.15. The van der Waals surface area contributed by atoms with Crippen LogP contribution in [0.5, 0.6) is 0 Å². The summed E-state index contributed by atoms with van der Waals surface area (Å²) in [6, 6.07) is 1.64. The molecule has 2 aliphatic heterocycles. The maximum atomic E-state index is 4.22. The van der Waals surface area contributed by atoms with Crippen LogP contribution >= 0.6 is 0 Å². The summed E-state index contributed by atoms with van der Waals surface area (Å²) in [6.07, 6.45) is 5.55. The highest BCUT2D eigenvalue weighted by Crippen LogP contribution is 2.22. The van der Waals surface area contributed by atoms with Crippen molar-refractivity contribution >= 4 is 0 Å². The van der Waals surface area contributed by atoms with Gasteiger partial charge in [-0.2, -0.15) is 0 Å². The Kier molecular flexibility index (Phi) is 3.50. The van der Waals surface area contributed by atoms with Crippen LogP contribution < -0.4 is 5.32 Å².